The second-order valence-corrected chi connectivity index (χ2v) is 6.10. The molecule has 0 amide bonds. The Morgan fingerprint density at radius 3 is 2.78 bits per heavy atom. The number of hydrogen-bond acceptors (Lipinski definition) is 4. The third-order valence-electron chi connectivity index (χ3n) is 3.57. The molecule has 0 radical (unpaired) electrons. The summed E-state index contributed by atoms with van der Waals surface area (Å²) in [5, 5.41) is 4.54. The molecule has 0 fully saturated rings. The van der Waals surface area contributed by atoms with E-state index in [4.69, 9.17) is 5.73 Å². The van der Waals surface area contributed by atoms with E-state index in [0.717, 1.165) is 29.2 Å². The summed E-state index contributed by atoms with van der Waals surface area (Å²) in [6, 6.07) is 16.1. The van der Waals surface area contributed by atoms with Crippen molar-refractivity contribution in [2.24, 2.45) is 0 Å². The van der Waals surface area contributed by atoms with Crippen LogP contribution in [0.2, 0.25) is 0 Å². The molecule has 0 spiro atoms. The molecule has 0 bridgehead atoms. The summed E-state index contributed by atoms with van der Waals surface area (Å²) >= 11 is 0. The molecule has 4 nitrogen and oxygen atoms in total. The van der Waals surface area contributed by atoms with Crippen molar-refractivity contribution in [3.8, 4) is 11.3 Å². The zero-order chi connectivity index (χ0) is 16.2. The highest BCUT2D eigenvalue weighted by Gasteiger charge is 2.06. The van der Waals surface area contributed by atoms with Crippen LogP contribution in [-0.2, 0) is 6.54 Å². The van der Waals surface area contributed by atoms with Crippen LogP contribution in [0.25, 0.3) is 11.3 Å². The van der Waals surface area contributed by atoms with Crippen LogP contribution in [0.15, 0.2) is 54.7 Å². The summed E-state index contributed by atoms with van der Waals surface area (Å²) in [5.41, 5.74) is 9.96. The Balaban J connectivity index is 1.81. The first-order valence-electron chi connectivity index (χ1n) is 7.39. The van der Waals surface area contributed by atoms with Gasteiger partial charge in [0.15, 0.2) is 0 Å². The SMILES string of the molecule is Cc1cnc(N)cc1-c1cccc(NCc2cccc(P)c2)n1. The summed E-state index contributed by atoms with van der Waals surface area (Å²) in [5.74, 6) is 1.34. The molecule has 2 heterocycles. The molecular formula is C18H19N4P. The van der Waals surface area contributed by atoms with E-state index < -0.39 is 0 Å². The van der Waals surface area contributed by atoms with Gasteiger partial charge in [0, 0.05) is 18.3 Å². The number of rotatable bonds is 4. The van der Waals surface area contributed by atoms with Crippen molar-refractivity contribution in [3.05, 3.63) is 65.9 Å². The van der Waals surface area contributed by atoms with Crippen LogP contribution < -0.4 is 16.4 Å². The molecular weight excluding hydrogens is 303 g/mol. The Kier molecular flexibility index (Phi) is 4.54. The normalized spacial score (nSPS) is 10.5. The molecule has 3 aromatic rings. The molecule has 2 aromatic heterocycles. The first kappa shape index (κ1) is 15.4. The Labute approximate surface area is 138 Å². The lowest BCUT2D eigenvalue weighted by atomic mass is 10.1. The molecule has 1 aromatic carbocycles. The summed E-state index contributed by atoms with van der Waals surface area (Å²) in [7, 11) is 2.71. The molecule has 5 heteroatoms. The van der Waals surface area contributed by atoms with Gasteiger partial charge in [-0.2, -0.15) is 0 Å². The van der Waals surface area contributed by atoms with Crippen molar-refractivity contribution >= 4 is 26.2 Å². The molecule has 23 heavy (non-hydrogen) atoms. The van der Waals surface area contributed by atoms with Crippen LogP contribution in [0.4, 0.5) is 11.6 Å². The van der Waals surface area contributed by atoms with Crippen LogP contribution >= 0.6 is 9.24 Å². The lowest BCUT2D eigenvalue weighted by molar-refractivity contribution is 1.11. The zero-order valence-corrected chi connectivity index (χ0v) is 14.1. The first-order valence-corrected chi connectivity index (χ1v) is 7.97. The van der Waals surface area contributed by atoms with E-state index >= 15 is 0 Å². The van der Waals surface area contributed by atoms with Crippen LogP contribution in [0, 0.1) is 6.92 Å². The van der Waals surface area contributed by atoms with Gasteiger partial charge in [0.05, 0.1) is 5.69 Å². The van der Waals surface area contributed by atoms with Gasteiger partial charge < -0.3 is 11.1 Å². The van der Waals surface area contributed by atoms with Crippen molar-refractivity contribution in [1.82, 2.24) is 9.97 Å². The fourth-order valence-corrected chi connectivity index (χ4v) is 2.72. The van der Waals surface area contributed by atoms with Crippen molar-refractivity contribution in [2.45, 2.75) is 13.5 Å². The van der Waals surface area contributed by atoms with Crippen LogP contribution in [0.1, 0.15) is 11.1 Å². The molecule has 0 saturated heterocycles. The minimum absolute atomic E-state index is 0.503. The van der Waals surface area contributed by atoms with Crippen molar-refractivity contribution in [3.63, 3.8) is 0 Å². The first-order chi connectivity index (χ1) is 11.1. The highest BCUT2D eigenvalue weighted by atomic mass is 31.0. The number of nitrogens with one attached hydrogen (secondary N) is 1. The zero-order valence-electron chi connectivity index (χ0n) is 13.0. The number of nitrogen functional groups attached to an aromatic ring is 1. The maximum Gasteiger partial charge on any atom is 0.126 e. The molecule has 3 N–H and O–H groups in total. The molecule has 3 rings (SSSR count). The van der Waals surface area contributed by atoms with Gasteiger partial charge in [-0.05, 0) is 41.6 Å². The summed E-state index contributed by atoms with van der Waals surface area (Å²) in [6.07, 6.45) is 1.77. The second-order valence-electron chi connectivity index (χ2n) is 5.43. The molecule has 0 aliphatic rings. The summed E-state index contributed by atoms with van der Waals surface area (Å²) in [6.45, 7) is 2.74. The van der Waals surface area contributed by atoms with E-state index in [1.807, 2.05) is 37.3 Å². The average Bonchev–Trinajstić information content (AvgIpc) is 2.55. The van der Waals surface area contributed by atoms with Crippen molar-refractivity contribution < 1.29 is 0 Å². The van der Waals surface area contributed by atoms with Gasteiger partial charge >= 0.3 is 0 Å². The van der Waals surface area contributed by atoms with E-state index in [0.29, 0.717) is 5.82 Å². The van der Waals surface area contributed by atoms with Gasteiger partial charge in [0.1, 0.15) is 11.6 Å². The highest BCUT2D eigenvalue weighted by Crippen LogP contribution is 2.23. The Bertz CT molecular complexity index is 833. The number of aryl methyl sites for hydroxylation is 1. The van der Waals surface area contributed by atoms with Crippen LogP contribution in [0.3, 0.4) is 0 Å². The van der Waals surface area contributed by atoms with E-state index in [1.54, 1.807) is 6.20 Å². The number of hydrogen-bond donors (Lipinski definition) is 2. The van der Waals surface area contributed by atoms with Crippen LogP contribution in [0.5, 0.6) is 0 Å². The third-order valence-corrected chi connectivity index (χ3v) is 3.93. The maximum atomic E-state index is 5.80. The number of nitrogens with two attached hydrogens (primary N) is 1. The minimum atomic E-state index is 0.503. The molecule has 0 aliphatic heterocycles. The topological polar surface area (TPSA) is 63.8 Å². The van der Waals surface area contributed by atoms with E-state index in [-0.39, 0.29) is 0 Å². The third kappa shape index (κ3) is 3.85. The standard InChI is InChI=1S/C18H19N4P/c1-12-10-20-17(19)9-15(12)16-6-3-7-18(22-16)21-11-13-4-2-5-14(23)8-13/h2-10H,11,23H2,1H3,(H2,19,20)(H,21,22). The van der Waals surface area contributed by atoms with Crippen LogP contribution in [-0.4, -0.2) is 9.97 Å². The second kappa shape index (κ2) is 6.76. The van der Waals surface area contributed by atoms with Crippen molar-refractivity contribution in [2.75, 3.05) is 11.1 Å². The van der Waals surface area contributed by atoms with Gasteiger partial charge in [-0.1, -0.05) is 30.3 Å². The van der Waals surface area contributed by atoms with Gasteiger partial charge in [-0.3, -0.25) is 0 Å². The van der Waals surface area contributed by atoms with E-state index in [2.05, 4.69) is 42.7 Å². The predicted molar refractivity (Wildman–Crippen MR) is 99.7 cm³/mol. The lowest BCUT2D eigenvalue weighted by Gasteiger charge is -2.10. The predicted octanol–water partition coefficient (Wildman–Crippen LogP) is 3.15. The fraction of sp³-hybridized carbons (Fsp3) is 0.111. The maximum absolute atomic E-state index is 5.80. The van der Waals surface area contributed by atoms with Gasteiger partial charge in [-0.15, -0.1) is 9.24 Å². The van der Waals surface area contributed by atoms with E-state index in [1.165, 1.54) is 10.9 Å². The smallest absolute Gasteiger partial charge is 0.126 e. The number of benzene rings is 1. The molecule has 116 valence electrons. The van der Waals surface area contributed by atoms with Gasteiger partial charge in [0.25, 0.3) is 0 Å². The Morgan fingerprint density at radius 1 is 1.13 bits per heavy atom. The quantitative estimate of drug-likeness (QED) is 0.724. The monoisotopic (exact) mass is 322 g/mol. The fourth-order valence-electron chi connectivity index (χ4n) is 2.39. The number of anilines is 2. The number of aromatic nitrogens is 2. The van der Waals surface area contributed by atoms with Gasteiger partial charge in [-0.25, -0.2) is 9.97 Å². The number of nitrogens with zero attached hydrogens (tertiary/aromatic N) is 2. The summed E-state index contributed by atoms with van der Waals surface area (Å²) < 4.78 is 0. The van der Waals surface area contributed by atoms with Gasteiger partial charge in [0.2, 0.25) is 0 Å². The molecule has 0 saturated carbocycles. The Hall–Kier alpha value is -2.45. The molecule has 1 unspecified atom stereocenters. The minimum Gasteiger partial charge on any atom is -0.384 e. The number of pyridine rings is 2. The van der Waals surface area contributed by atoms with E-state index in [9.17, 15) is 0 Å². The molecule has 1 atom stereocenters. The Morgan fingerprint density at radius 2 is 1.96 bits per heavy atom. The van der Waals surface area contributed by atoms with Crippen molar-refractivity contribution in [1.29, 1.82) is 0 Å². The highest BCUT2D eigenvalue weighted by molar-refractivity contribution is 7.27. The average molecular weight is 322 g/mol. The molecule has 0 aliphatic carbocycles. The largest absolute Gasteiger partial charge is 0.384 e. The lowest BCUT2D eigenvalue weighted by Crippen LogP contribution is -2.04. The summed E-state index contributed by atoms with van der Waals surface area (Å²) in [4.78, 5) is 8.79.